The molecule has 2 unspecified atom stereocenters. The van der Waals surface area contributed by atoms with Crippen LogP contribution in [0.25, 0.3) is 0 Å². The molecule has 1 aromatic carbocycles. The van der Waals surface area contributed by atoms with Crippen LogP contribution in [0.15, 0.2) is 35.2 Å². The van der Waals surface area contributed by atoms with Gasteiger partial charge in [0, 0.05) is 13.7 Å². The Balaban J connectivity index is 1.95. The summed E-state index contributed by atoms with van der Waals surface area (Å²) in [6.07, 6.45) is -8.73. The molecule has 32 heavy (non-hydrogen) atoms. The number of nitrogens with zero attached hydrogens (tertiary/aromatic N) is 2. The molecule has 2 heterocycles. The van der Waals surface area contributed by atoms with E-state index < -0.39 is 50.2 Å². The van der Waals surface area contributed by atoms with Gasteiger partial charge in [-0.05, 0) is 44.0 Å². The van der Waals surface area contributed by atoms with E-state index in [4.69, 9.17) is 9.47 Å². The van der Waals surface area contributed by atoms with Gasteiger partial charge in [0.1, 0.15) is 12.8 Å². The van der Waals surface area contributed by atoms with Gasteiger partial charge >= 0.3 is 6.18 Å². The fourth-order valence-electron chi connectivity index (χ4n) is 3.76. The van der Waals surface area contributed by atoms with E-state index in [-0.39, 0.29) is 31.9 Å². The molecule has 0 bridgehead atoms. The first-order chi connectivity index (χ1) is 14.9. The van der Waals surface area contributed by atoms with Crippen LogP contribution in [0.3, 0.4) is 0 Å². The summed E-state index contributed by atoms with van der Waals surface area (Å²) in [6.45, 7) is 1.41. The SMILES string of the molecule is COCn1nc(CC(F)F)cc1C1CC(C)(S(=O)(=O)c2cccc(C(F)(F)F)c2)CCO1. The predicted octanol–water partition coefficient (Wildman–Crippen LogP) is 4.40. The van der Waals surface area contributed by atoms with Crippen molar-refractivity contribution in [2.75, 3.05) is 13.7 Å². The van der Waals surface area contributed by atoms with Gasteiger partial charge in [0.2, 0.25) is 6.43 Å². The zero-order valence-corrected chi connectivity index (χ0v) is 18.2. The van der Waals surface area contributed by atoms with Gasteiger partial charge in [0.25, 0.3) is 0 Å². The number of aromatic nitrogens is 2. The van der Waals surface area contributed by atoms with E-state index in [9.17, 15) is 30.4 Å². The third-order valence-electron chi connectivity index (χ3n) is 5.49. The fourth-order valence-corrected chi connectivity index (χ4v) is 5.59. The minimum absolute atomic E-state index is 0.0156. The highest BCUT2D eigenvalue weighted by Gasteiger charge is 2.46. The van der Waals surface area contributed by atoms with Gasteiger partial charge in [-0.2, -0.15) is 18.3 Å². The van der Waals surface area contributed by atoms with Crippen LogP contribution in [0, 0.1) is 0 Å². The van der Waals surface area contributed by atoms with Crippen LogP contribution in [0.4, 0.5) is 22.0 Å². The third kappa shape index (κ3) is 4.96. The van der Waals surface area contributed by atoms with Gasteiger partial charge in [-0.3, -0.25) is 0 Å². The van der Waals surface area contributed by atoms with Crippen LogP contribution in [0.5, 0.6) is 0 Å². The first-order valence-corrected chi connectivity index (χ1v) is 11.2. The second-order valence-electron chi connectivity index (χ2n) is 7.87. The lowest BCUT2D eigenvalue weighted by Gasteiger charge is -2.37. The highest BCUT2D eigenvalue weighted by atomic mass is 32.2. The van der Waals surface area contributed by atoms with Crippen molar-refractivity contribution in [3.8, 4) is 0 Å². The minimum Gasteiger partial charge on any atom is -0.372 e. The Bertz CT molecular complexity index is 1050. The number of rotatable bonds is 7. The van der Waals surface area contributed by atoms with Crippen molar-refractivity contribution in [1.82, 2.24) is 9.78 Å². The Morgan fingerprint density at radius 2 is 2.03 bits per heavy atom. The lowest BCUT2D eigenvalue weighted by molar-refractivity contribution is -0.137. The summed E-state index contributed by atoms with van der Waals surface area (Å²) in [4.78, 5) is -0.431. The molecule has 6 nitrogen and oxygen atoms in total. The Hall–Kier alpha value is -2.05. The van der Waals surface area contributed by atoms with E-state index in [1.54, 1.807) is 0 Å². The lowest BCUT2D eigenvalue weighted by Crippen LogP contribution is -2.42. The van der Waals surface area contributed by atoms with E-state index in [2.05, 4.69) is 5.10 Å². The van der Waals surface area contributed by atoms with Gasteiger partial charge in [0.05, 0.1) is 33.0 Å². The molecule has 3 rings (SSSR count). The molecule has 1 aliphatic rings. The molecule has 2 atom stereocenters. The Morgan fingerprint density at radius 1 is 1.31 bits per heavy atom. The summed E-state index contributed by atoms with van der Waals surface area (Å²) in [5.74, 6) is 0. The van der Waals surface area contributed by atoms with Crippen LogP contribution in [-0.2, 0) is 38.6 Å². The van der Waals surface area contributed by atoms with E-state index >= 15 is 0 Å². The topological polar surface area (TPSA) is 70.4 Å². The van der Waals surface area contributed by atoms with Crippen molar-refractivity contribution in [2.24, 2.45) is 0 Å². The Labute approximate surface area is 182 Å². The zero-order chi connectivity index (χ0) is 23.7. The molecule has 0 amide bonds. The van der Waals surface area contributed by atoms with E-state index in [1.807, 2.05) is 0 Å². The van der Waals surface area contributed by atoms with Gasteiger partial charge in [0.15, 0.2) is 9.84 Å². The number of hydrogen-bond donors (Lipinski definition) is 0. The molecule has 12 heteroatoms. The number of benzene rings is 1. The number of halogens is 5. The zero-order valence-electron chi connectivity index (χ0n) is 17.4. The summed E-state index contributed by atoms with van der Waals surface area (Å²) in [5.41, 5.74) is -0.586. The quantitative estimate of drug-likeness (QED) is 0.548. The largest absolute Gasteiger partial charge is 0.416 e. The maximum absolute atomic E-state index is 13.4. The smallest absolute Gasteiger partial charge is 0.372 e. The van der Waals surface area contributed by atoms with E-state index in [0.717, 1.165) is 18.2 Å². The van der Waals surface area contributed by atoms with Crippen molar-refractivity contribution < 1.29 is 39.8 Å². The molecule has 0 spiro atoms. The number of sulfone groups is 1. The lowest BCUT2D eigenvalue weighted by atomic mass is 9.94. The van der Waals surface area contributed by atoms with Gasteiger partial charge in [-0.25, -0.2) is 21.9 Å². The highest BCUT2D eigenvalue weighted by Crippen LogP contribution is 2.43. The normalized spacial score (nSPS) is 22.4. The molecule has 178 valence electrons. The second-order valence-corrected chi connectivity index (χ2v) is 10.3. The molecule has 1 saturated heterocycles. The molecular weight excluding hydrogens is 459 g/mol. The monoisotopic (exact) mass is 482 g/mol. The third-order valence-corrected chi connectivity index (χ3v) is 8.04. The summed E-state index contributed by atoms with van der Waals surface area (Å²) in [7, 11) is -2.79. The number of hydrogen-bond acceptors (Lipinski definition) is 5. The van der Waals surface area contributed by atoms with Gasteiger partial charge in [-0.15, -0.1) is 0 Å². The molecule has 2 aromatic rings. The Kier molecular flexibility index (Phi) is 6.97. The molecular formula is C20H23F5N2O4S. The van der Waals surface area contributed by atoms with Crippen molar-refractivity contribution in [2.45, 2.75) is 61.3 Å². The van der Waals surface area contributed by atoms with Crippen molar-refractivity contribution >= 4 is 9.84 Å². The summed E-state index contributed by atoms with van der Waals surface area (Å²) < 4.78 is 102. The van der Waals surface area contributed by atoms with Crippen LogP contribution in [-0.4, -0.2) is 43.1 Å². The van der Waals surface area contributed by atoms with Crippen LogP contribution < -0.4 is 0 Å². The molecule has 1 fully saturated rings. The summed E-state index contributed by atoms with van der Waals surface area (Å²) in [6, 6.07) is 5.04. The maximum Gasteiger partial charge on any atom is 0.416 e. The first-order valence-electron chi connectivity index (χ1n) is 9.74. The van der Waals surface area contributed by atoms with Crippen molar-refractivity contribution in [3.63, 3.8) is 0 Å². The standard InChI is InChI=1S/C20H23F5N2O4S/c1-19(32(28,29)15-5-3-4-13(8-15)20(23,24)25)6-7-31-17(11-19)16-9-14(10-18(21)22)26-27(16)12-30-2/h3-5,8-9,17-18H,6-7,10-12H2,1-2H3. The van der Waals surface area contributed by atoms with Crippen LogP contribution in [0.1, 0.15) is 42.8 Å². The average molecular weight is 482 g/mol. The first kappa shape index (κ1) is 24.6. The second kappa shape index (κ2) is 9.06. The molecule has 1 aromatic heterocycles. The number of methoxy groups -OCH3 is 1. The average Bonchev–Trinajstić information content (AvgIpc) is 3.09. The van der Waals surface area contributed by atoms with Crippen molar-refractivity contribution in [3.05, 3.63) is 47.3 Å². The minimum atomic E-state index is -4.68. The maximum atomic E-state index is 13.4. The van der Waals surface area contributed by atoms with Gasteiger partial charge in [-0.1, -0.05) is 6.07 Å². The number of alkyl halides is 5. The molecule has 0 N–H and O–H groups in total. The highest BCUT2D eigenvalue weighted by molar-refractivity contribution is 7.92. The molecule has 0 radical (unpaired) electrons. The Morgan fingerprint density at radius 3 is 2.66 bits per heavy atom. The van der Waals surface area contributed by atoms with Crippen molar-refractivity contribution in [1.29, 1.82) is 0 Å². The molecule has 0 saturated carbocycles. The van der Waals surface area contributed by atoms with Gasteiger partial charge < -0.3 is 9.47 Å². The van der Waals surface area contributed by atoms with Crippen LogP contribution >= 0.6 is 0 Å². The fraction of sp³-hybridized carbons (Fsp3) is 0.550. The summed E-state index contributed by atoms with van der Waals surface area (Å²) >= 11 is 0. The molecule has 0 aliphatic carbocycles. The van der Waals surface area contributed by atoms with E-state index in [1.165, 1.54) is 24.8 Å². The number of ether oxygens (including phenoxy) is 2. The summed E-state index contributed by atoms with van der Waals surface area (Å²) in [5, 5.41) is 4.08. The predicted molar refractivity (Wildman–Crippen MR) is 104 cm³/mol. The van der Waals surface area contributed by atoms with Crippen LogP contribution in [0.2, 0.25) is 0 Å². The van der Waals surface area contributed by atoms with E-state index in [0.29, 0.717) is 11.8 Å². The molecule has 1 aliphatic heterocycles.